The Hall–Kier alpha value is -1.85. The van der Waals surface area contributed by atoms with Gasteiger partial charge in [0.05, 0.1) is 0 Å². The normalized spacial score (nSPS) is 9.31. The monoisotopic (exact) mass is 182 g/mol. The number of aromatic amines is 1. The molecule has 3 N–H and O–H groups in total. The molecule has 0 bridgehead atoms. The predicted molar refractivity (Wildman–Crippen MR) is 47.6 cm³/mol. The van der Waals surface area contributed by atoms with Gasteiger partial charge in [-0.25, -0.2) is 9.89 Å². The molecule has 0 radical (unpaired) electrons. The lowest BCUT2D eigenvalue weighted by molar-refractivity contribution is 0.252. The fourth-order valence-corrected chi connectivity index (χ4v) is 0.735. The summed E-state index contributed by atoms with van der Waals surface area (Å²) in [5.41, 5.74) is -0.304. The number of hydrogen-bond acceptors (Lipinski definition) is 3. The number of rotatable bonds is 2. The fraction of sp³-hybridized carbons (Fsp3) is 0.286. The average Bonchev–Trinajstić information content (AvgIpc) is 2.09. The molecule has 0 aromatic carbocycles. The highest BCUT2D eigenvalue weighted by molar-refractivity contribution is 5.87. The number of hydrogen-bond donors (Lipinski definition) is 3. The van der Waals surface area contributed by atoms with E-state index in [9.17, 15) is 9.59 Å². The molecule has 0 saturated heterocycles. The van der Waals surface area contributed by atoms with Gasteiger partial charge in [0.1, 0.15) is 0 Å². The molecule has 13 heavy (non-hydrogen) atoms. The van der Waals surface area contributed by atoms with E-state index in [-0.39, 0.29) is 11.6 Å². The zero-order valence-corrected chi connectivity index (χ0v) is 7.13. The van der Waals surface area contributed by atoms with Gasteiger partial charge in [-0.05, 0) is 13.0 Å². The van der Waals surface area contributed by atoms with E-state index in [2.05, 4.69) is 20.8 Å². The summed E-state index contributed by atoms with van der Waals surface area (Å²) < 4.78 is 0. The average molecular weight is 182 g/mol. The van der Waals surface area contributed by atoms with Gasteiger partial charge in [0.15, 0.2) is 5.82 Å². The van der Waals surface area contributed by atoms with E-state index in [1.54, 1.807) is 6.92 Å². The van der Waals surface area contributed by atoms with Gasteiger partial charge in [-0.2, -0.15) is 5.10 Å². The first-order valence-electron chi connectivity index (χ1n) is 3.83. The summed E-state index contributed by atoms with van der Waals surface area (Å²) in [7, 11) is 0. The van der Waals surface area contributed by atoms with Gasteiger partial charge in [0.2, 0.25) is 0 Å². The third-order valence-electron chi connectivity index (χ3n) is 1.26. The summed E-state index contributed by atoms with van der Waals surface area (Å²) in [6.07, 6.45) is 0. The SMILES string of the molecule is CCNC(=O)Nc1ccc(=O)[nH]n1. The molecule has 2 amide bonds. The van der Waals surface area contributed by atoms with Gasteiger partial charge in [-0.3, -0.25) is 10.1 Å². The number of carbonyl (C=O) groups excluding carboxylic acids is 1. The standard InChI is InChI=1S/C7H10N4O2/c1-2-8-7(13)9-5-3-4-6(12)11-10-5/h3-4H,2H2,1H3,(H,11,12)(H2,8,9,10,13). The number of urea groups is 1. The first-order valence-corrected chi connectivity index (χ1v) is 3.83. The van der Waals surface area contributed by atoms with Crippen LogP contribution in [-0.2, 0) is 0 Å². The van der Waals surface area contributed by atoms with Crippen LogP contribution in [0.1, 0.15) is 6.92 Å². The predicted octanol–water partition coefficient (Wildman–Crippen LogP) is -0.0887. The van der Waals surface area contributed by atoms with Gasteiger partial charge < -0.3 is 5.32 Å². The molecule has 1 rings (SSSR count). The van der Waals surface area contributed by atoms with Crippen molar-refractivity contribution < 1.29 is 4.79 Å². The van der Waals surface area contributed by atoms with Crippen LogP contribution in [0, 0.1) is 0 Å². The smallest absolute Gasteiger partial charge is 0.320 e. The number of carbonyl (C=O) groups is 1. The second-order valence-electron chi connectivity index (χ2n) is 2.29. The minimum Gasteiger partial charge on any atom is -0.338 e. The van der Waals surface area contributed by atoms with Crippen molar-refractivity contribution in [3.05, 3.63) is 22.5 Å². The Labute approximate surface area is 74.4 Å². The molecule has 6 heteroatoms. The summed E-state index contributed by atoms with van der Waals surface area (Å²) in [5, 5.41) is 10.8. The van der Waals surface area contributed by atoms with E-state index in [1.807, 2.05) is 0 Å². The van der Waals surface area contributed by atoms with Gasteiger partial charge in [0, 0.05) is 12.6 Å². The van der Waals surface area contributed by atoms with Crippen LogP contribution in [-0.4, -0.2) is 22.8 Å². The lowest BCUT2D eigenvalue weighted by atomic mass is 10.5. The zero-order valence-electron chi connectivity index (χ0n) is 7.13. The zero-order chi connectivity index (χ0) is 9.68. The molecule has 0 saturated carbocycles. The number of nitrogens with one attached hydrogen (secondary N) is 3. The van der Waals surface area contributed by atoms with E-state index in [0.717, 1.165) is 0 Å². The molecule has 0 spiro atoms. The topological polar surface area (TPSA) is 86.9 Å². The van der Waals surface area contributed by atoms with Crippen LogP contribution in [0.25, 0.3) is 0 Å². The summed E-state index contributed by atoms with van der Waals surface area (Å²) in [6, 6.07) is 2.37. The number of H-pyrrole nitrogens is 1. The van der Waals surface area contributed by atoms with Crippen molar-refractivity contribution in [1.29, 1.82) is 0 Å². The number of aromatic nitrogens is 2. The van der Waals surface area contributed by atoms with Crippen LogP contribution in [0.3, 0.4) is 0 Å². The Morgan fingerprint density at radius 1 is 1.62 bits per heavy atom. The summed E-state index contributed by atoms with van der Waals surface area (Å²) >= 11 is 0. The first-order chi connectivity index (χ1) is 6.22. The molecule has 70 valence electrons. The van der Waals surface area contributed by atoms with Crippen molar-refractivity contribution in [3.63, 3.8) is 0 Å². The maximum absolute atomic E-state index is 10.9. The Morgan fingerprint density at radius 2 is 2.38 bits per heavy atom. The molecule has 0 fully saturated rings. The fourth-order valence-electron chi connectivity index (χ4n) is 0.735. The van der Waals surface area contributed by atoms with Crippen LogP contribution in [0.4, 0.5) is 10.6 Å². The minimum absolute atomic E-state index is 0.304. The molecule has 0 unspecified atom stereocenters. The Kier molecular flexibility index (Phi) is 3.02. The molecule has 6 nitrogen and oxygen atoms in total. The van der Waals surface area contributed by atoms with Crippen molar-refractivity contribution >= 4 is 11.8 Å². The van der Waals surface area contributed by atoms with Crippen molar-refractivity contribution in [2.75, 3.05) is 11.9 Å². The van der Waals surface area contributed by atoms with Crippen LogP contribution in [0.5, 0.6) is 0 Å². The van der Waals surface area contributed by atoms with Crippen molar-refractivity contribution in [2.45, 2.75) is 6.92 Å². The number of nitrogens with zero attached hydrogens (tertiary/aromatic N) is 1. The largest absolute Gasteiger partial charge is 0.338 e. The molecular weight excluding hydrogens is 172 g/mol. The van der Waals surface area contributed by atoms with E-state index >= 15 is 0 Å². The number of anilines is 1. The lowest BCUT2D eigenvalue weighted by Gasteiger charge is -2.02. The highest BCUT2D eigenvalue weighted by Crippen LogP contribution is 1.94. The molecule has 0 aliphatic carbocycles. The highest BCUT2D eigenvalue weighted by atomic mass is 16.2. The molecule has 1 aromatic heterocycles. The van der Waals surface area contributed by atoms with Crippen molar-refractivity contribution in [3.8, 4) is 0 Å². The lowest BCUT2D eigenvalue weighted by Crippen LogP contribution is -2.29. The van der Waals surface area contributed by atoms with E-state index in [0.29, 0.717) is 12.4 Å². The van der Waals surface area contributed by atoms with Crippen molar-refractivity contribution in [1.82, 2.24) is 15.5 Å². The maximum Gasteiger partial charge on any atom is 0.320 e. The quantitative estimate of drug-likeness (QED) is 0.597. The van der Waals surface area contributed by atoms with Gasteiger partial charge in [-0.1, -0.05) is 0 Å². The first kappa shape index (κ1) is 9.24. The second kappa shape index (κ2) is 4.24. The van der Waals surface area contributed by atoms with Gasteiger partial charge >= 0.3 is 6.03 Å². The van der Waals surface area contributed by atoms with Crippen LogP contribution < -0.4 is 16.2 Å². The van der Waals surface area contributed by atoms with E-state index < -0.39 is 0 Å². The minimum atomic E-state index is -0.345. The summed E-state index contributed by atoms with van der Waals surface area (Å²) in [5.74, 6) is 0.311. The van der Waals surface area contributed by atoms with Gasteiger partial charge in [-0.15, -0.1) is 0 Å². The molecule has 1 heterocycles. The molecule has 1 aromatic rings. The van der Waals surface area contributed by atoms with Crippen LogP contribution in [0.15, 0.2) is 16.9 Å². The van der Waals surface area contributed by atoms with E-state index in [1.165, 1.54) is 12.1 Å². The maximum atomic E-state index is 10.9. The van der Waals surface area contributed by atoms with Crippen LogP contribution in [0.2, 0.25) is 0 Å². The second-order valence-corrected chi connectivity index (χ2v) is 2.29. The Morgan fingerprint density at radius 3 is 2.92 bits per heavy atom. The summed E-state index contributed by atoms with van der Waals surface area (Å²) in [4.78, 5) is 21.5. The molecule has 0 atom stereocenters. The third-order valence-corrected chi connectivity index (χ3v) is 1.26. The van der Waals surface area contributed by atoms with Crippen molar-refractivity contribution in [2.24, 2.45) is 0 Å². The van der Waals surface area contributed by atoms with E-state index in [4.69, 9.17) is 0 Å². The Balaban J connectivity index is 2.59. The van der Waals surface area contributed by atoms with Gasteiger partial charge in [0.25, 0.3) is 5.56 Å². The van der Waals surface area contributed by atoms with Crippen LogP contribution >= 0.6 is 0 Å². The molecule has 0 aliphatic heterocycles. The summed E-state index contributed by atoms with van der Waals surface area (Å²) in [6.45, 7) is 2.34. The molecule has 0 aliphatic rings. The Bertz CT molecular complexity index is 326. The number of amides is 2. The third kappa shape index (κ3) is 2.94. The molecular formula is C7H10N4O2. The highest BCUT2D eigenvalue weighted by Gasteiger charge is 1.99.